The van der Waals surface area contributed by atoms with Crippen molar-refractivity contribution in [2.45, 2.75) is 32.1 Å². The molecule has 2 atom stereocenters. The monoisotopic (exact) mass is 300 g/mol. The average molecular weight is 301 g/mol. The van der Waals surface area contributed by atoms with Gasteiger partial charge in [-0.1, -0.05) is 43.6 Å². The second-order valence-corrected chi connectivity index (χ2v) is 6.36. The number of nitrogens with two attached hydrogens (primary N) is 1. The summed E-state index contributed by atoms with van der Waals surface area (Å²) >= 11 is 8.18. The molecule has 19 heavy (non-hydrogen) atoms. The molecule has 0 spiro atoms. The molecule has 0 aliphatic heterocycles. The summed E-state index contributed by atoms with van der Waals surface area (Å²) in [5.74, 6) is 1.08. The second kappa shape index (κ2) is 8.85. The summed E-state index contributed by atoms with van der Waals surface area (Å²) in [6.45, 7) is 9.76. The third kappa shape index (κ3) is 5.35. The SMILES string of the molecule is CCN(CC)CCSC(c1ccccc1Cl)C(C)N. The van der Waals surface area contributed by atoms with Crippen LogP contribution in [0.3, 0.4) is 0 Å². The van der Waals surface area contributed by atoms with Crippen molar-refractivity contribution in [3.63, 3.8) is 0 Å². The molecule has 0 radical (unpaired) electrons. The fraction of sp³-hybridized carbons (Fsp3) is 0.600. The first-order valence-corrected chi connectivity index (χ1v) is 8.36. The zero-order chi connectivity index (χ0) is 14.3. The van der Waals surface area contributed by atoms with E-state index in [1.807, 2.05) is 30.0 Å². The normalized spacial score (nSPS) is 14.6. The first-order chi connectivity index (χ1) is 9.10. The fourth-order valence-corrected chi connectivity index (χ4v) is 3.70. The first-order valence-electron chi connectivity index (χ1n) is 6.94. The summed E-state index contributed by atoms with van der Waals surface area (Å²) in [6.07, 6.45) is 0. The average Bonchev–Trinajstić information content (AvgIpc) is 2.40. The van der Waals surface area contributed by atoms with E-state index in [1.165, 1.54) is 0 Å². The van der Waals surface area contributed by atoms with E-state index in [9.17, 15) is 0 Å². The summed E-state index contributed by atoms with van der Waals surface area (Å²) in [5, 5.41) is 1.09. The molecular weight excluding hydrogens is 276 g/mol. The summed E-state index contributed by atoms with van der Waals surface area (Å²) in [5.41, 5.74) is 7.28. The predicted octanol–water partition coefficient (Wildman–Crippen LogP) is 3.80. The zero-order valence-corrected chi connectivity index (χ0v) is 13.7. The molecule has 0 bridgehead atoms. The molecule has 1 rings (SSSR count). The number of hydrogen-bond donors (Lipinski definition) is 1. The van der Waals surface area contributed by atoms with Crippen LogP contribution in [0.25, 0.3) is 0 Å². The minimum absolute atomic E-state index is 0.0987. The standard InChI is InChI=1S/C15H25ClN2S/c1-4-18(5-2)10-11-19-15(12(3)17)13-8-6-7-9-14(13)16/h6-9,12,15H,4-5,10-11,17H2,1-3H3. The van der Waals surface area contributed by atoms with Gasteiger partial charge in [0.2, 0.25) is 0 Å². The van der Waals surface area contributed by atoms with E-state index < -0.39 is 0 Å². The van der Waals surface area contributed by atoms with Gasteiger partial charge in [-0.2, -0.15) is 11.8 Å². The molecule has 1 aromatic carbocycles. The lowest BCUT2D eigenvalue weighted by molar-refractivity contribution is 0.323. The van der Waals surface area contributed by atoms with Crippen molar-refractivity contribution in [3.8, 4) is 0 Å². The van der Waals surface area contributed by atoms with Gasteiger partial charge in [0, 0.05) is 28.6 Å². The van der Waals surface area contributed by atoms with Crippen molar-refractivity contribution in [1.82, 2.24) is 4.90 Å². The van der Waals surface area contributed by atoms with Gasteiger partial charge in [0.25, 0.3) is 0 Å². The highest BCUT2D eigenvalue weighted by Gasteiger charge is 2.19. The van der Waals surface area contributed by atoms with Gasteiger partial charge in [-0.25, -0.2) is 0 Å². The van der Waals surface area contributed by atoms with Crippen LogP contribution in [0.5, 0.6) is 0 Å². The molecule has 0 saturated carbocycles. The number of rotatable bonds is 8. The second-order valence-electron chi connectivity index (χ2n) is 4.70. The minimum atomic E-state index is 0.0987. The smallest absolute Gasteiger partial charge is 0.0460 e. The Morgan fingerprint density at radius 3 is 2.42 bits per heavy atom. The largest absolute Gasteiger partial charge is 0.327 e. The highest BCUT2D eigenvalue weighted by molar-refractivity contribution is 7.99. The Morgan fingerprint density at radius 1 is 1.26 bits per heavy atom. The molecule has 0 heterocycles. The molecule has 0 aliphatic carbocycles. The van der Waals surface area contributed by atoms with Crippen LogP contribution >= 0.6 is 23.4 Å². The molecular formula is C15H25ClN2S. The number of benzene rings is 1. The Morgan fingerprint density at radius 2 is 1.89 bits per heavy atom. The van der Waals surface area contributed by atoms with Gasteiger partial charge in [0.1, 0.15) is 0 Å². The zero-order valence-electron chi connectivity index (χ0n) is 12.1. The van der Waals surface area contributed by atoms with Crippen molar-refractivity contribution in [2.75, 3.05) is 25.4 Å². The lowest BCUT2D eigenvalue weighted by Crippen LogP contribution is -2.27. The van der Waals surface area contributed by atoms with Gasteiger partial charge in [0.05, 0.1) is 0 Å². The summed E-state index contributed by atoms with van der Waals surface area (Å²) < 4.78 is 0. The molecule has 2 nitrogen and oxygen atoms in total. The van der Waals surface area contributed by atoms with E-state index in [0.29, 0.717) is 0 Å². The van der Waals surface area contributed by atoms with Crippen LogP contribution in [0.15, 0.2) is 24.3 Å². The van der Waals surface area contributed by atoms with Gasteiger partial charge in [-0.3, -0.25) is 0 Å². The van der Waals surface area contributed by atoms with Crippen LogP contribution < -0.4 is 5.73 Å². The molecule has 108 valence electrons. The molecule has 2 N–H and O–H groups in total. The van der Waals surface area contributed by atoms with Crippen molar-refractivity contribution in [1.29, 1.82) is 0 Å². The summed E-state index contributed by atoms with van der Waals surface area (Å²) in [7, 11) is 0. The molecule has 0 fully saturated rings. The van der Waals surface area contributed by atoms with Gasteiger partial charge < -0.3 is 10.6 Å². The third-order valence-corrected chi connectivity index (χ3v) is 5.09. The predicted molar refractivity (Wildman–Crippen MR) is 88.1 cm³/mol. The number of thioether (sulfide) groups is 1. The van der Waals surface area contributed by atoms with Crippen molar-refractivity contribution >= 4 is 23.4 Å². The van der Waals surface area contributed by atoms with Crippen LogP contribution in [-0.2, 0) is 0 Å². The Balaban J connectivity index is 2.62. The maximum Gasteiger partial charge on any atom is 0.0460 e. The quantitative estimate of drug-likeness (QED) is 0.792. The lowest BCUT2D eigenvalue weighted by atomic mass is 10.1. The van der Waals surface area contributed by atoms with Crippen molar-refractivity contribution in [2.24, 2.45) is 5.73 Å². The Kier molecular flexibility index (Phi) is 7.84. The maximum absolute atomic E-state index is 6.28. The molecule has 0 amide bonds. The highest BCUT2D eigenvalue weighted by Crippen LogP contribution is 2.35. The van der Waals surface area contributed by atoms with Crippen LogP contribution in [-0.4, -0.2) is 36.3 Å². The molecule has 2 unspecified atom stereocenters. The number of hydrogen-bond acceptors (Lipinski definition) is 3. The van der Waals surface area contributed by atoms with Crippen LogP contribution in [0.4, 0.5) is 0 Å². The van der Waals surface area contributed by atoms with E-state index in [1.54, 1.807) is 0 Å². The van der Waals surface area contributed by atoms with E-state index >= 15 is 0 Å². The van der Waals surface area contributed by atoms with Crippen LogP contribution in [0, 0.1) is 0 Å². The molecule has 0 aromatic heterocycles. The van der Waals surface area contributed by atoms with Crippen LogP contribution in [0.2, 0.25) is 5.02 Å². The molecule has 1 aromatic rings. The Hall–Kier alpha value is -0.220. The highest BCUT2D eigenvalue weighted by atomic mass is 35.5. The van der Waals surface area contributed by atoms with E-state index in [4.69, 9.17) is 17.3 Å². The number of halogens is 1. The van der Waals surface area contributed by atoms with E-state index in [0.717, 1.165) is 36.0 Å². The third-order valence-electron chi connectivity index (χ3n) is 3.29. The Bertz CT molecular complexity index is 367. The summed E-state index contributed by atoms with van der Waals surface area (Å²) in [4.78, 5) is 2.43. The van der Waals surface area contributed by atoms with Gasteiger partial charge in [-0.15, -0.1) is 0 Å². The maximum atomic E-state index is 6.28. The summed E-state index contributed by atoms with van der Waals surface area (Å²) in [6, 6.07) is 8.12. The van der Waals surface area contributed by atoms with Gasteiger partial charge in [-0.05, 0) is 31.6 Å². The minimum Gasteiger partial charge on any atom is -0.327 e. The van der Waals surface area contributed by atoms with Crippen LogP contribution in [0.1, 0.15) is 31.6 Å². The number of nitrogens with zero attached hydrogens (tertiary/aromatic N) is 1. The van der Waals surface area contributed by atoms with Gasteiger partial charge >= 0.3 is 0 Å². The topological polar surface area (TPSA) is 29.3 Å². The molecule has 0 aliphatic rings. The molecule has 4 heteroatoms. The van der Waals surface area contributed by atoms with Crippen molar-refractivity contribution < 1.29 is 0 Å². The van der Waals surface area contributed by atoms with E-state index in [-0.39, 0.29) is 11.3 Å². The Labute approximate surface area is 126 Å². The fourth-order valence-electron chi connectivity index (χ4n) is 2.08. The first kappa shape index (κ1) is 16.8. The van der Waals surface area contributed by atoms with E-state index in [2.05, 4.69) is 31.7 Å². The van der Waals surface area contributed by atoms with Gasteiger partial charge in [0.15, 0.2) is 0 Å². The van der Waals surface area contributed by atoms with Crippen molar-refractivity contribution in [3.05, 3.63) is 34.9 Å². The molecule has 0 saturated heterocycles. The lowest BCUT2D eigenvalue weighted by Gasteiger charge is -2.24.